The van der Waals surface area contributed by atoms with Gasteiger partial charge in [-0.25, -0.2) is 4.79 Å². The van der Waals surface area contributed by atoms with Gasteiger partial charge in [-0.2, -0.15) is 0 Å². The van der Waals surface area contributed by atoms with Crippen molar-refractivity contribution in [2.75, 3.05) is 11.9 Å². The van der Waals surface area contributed by atoms with Gasteiger partial charge in [0.2, 0.25) is 0 Å². The van der Waals surface area contributed by atoms with E-state index in [0.717, 1.165) is 19.3 Å². The van der Waals surface area contributed by atoms with Crippen LogP contribution in [-0.4, -0.2) is 35.5 Å². The number of hydrogen-bond donors (Lipinski definition) is 3. The van der Waals surface area contributed by atoms with Crippen molar-refractivity contribution in [3.63, 3.8) is 0 Å². The van der Waals surface area contributed by atoms with E-state index in [2.05, 4.69) is 22.8 Å². The molecule has 2 aliphatic rings. The fraction of sp³-hybridized carbons (Fsp3) is 0.318. The van der Waals surface area contributed by atoms with Gasteiger partial charge in [0.25, 0.3) is 11.8 Å². The summed E-state index contributed by atoms with van der Waals surface area (Å²) < 4.78 is 5.33. The first-order chi connectivity index (χ1) is 14.0. The monoisotopic (exact) mass is 394 g/mol. The number of carboxylic acid groups (broad SMARTS) is 1. The Labute approximate surface area is 168 Å². The topological polar surface area (TPSA) is 105 Å². The molecule has 1 heterocycles. The molecule has 7 nitrogen and oxygen atoms in total. The van der Waals surface area contributed by atoms with Crippen LogP contribution in [0.1, 0.15) is 46.7 Å². The fourth-order valence-corrected chi connectivity index (χ4v) is 4.06. The van der Waals surface area contributed by atoms with E-state index in [0.29, 0.717) is 17.9 Å². The molecule has 0 fully saturated rings. The van der Waals surface area contributed by atoms with Crippen molar-refractivity contribution in [3.05, 3.63) is 59.2 Å². The molecule has 3 N–H and O–H groups in total. The van der Waals surface area contributed by atoms with Gasteiger partial charge in [0.05, 0.1) is 5.69 Å². The van der Waals surface area contributed by atoms with Crippen LogP contribution in [0.25, 0.3) is 0 Å². The highest BCUT2D eigenvalue weighted by Gasteiger charge is 2.29. The minimum absolute atomic E-state index is 0.100. The molecule has 0 saturated heterocycles. The van der Waals surface area contributed by atoms with E-state index in [1.165, 1.54) is 23.3 Å². The average Bonchev–Trinajstić information content (AvgIpc) is 2.73. The second kappa shape index (κ2) is 7.95. The van der Waals surface area contributed by atoms with Gasteiger partial charge >= 0.3 is 5.97 Å². The van der Waals surface area contributed by atoms with E-state index in [4.69, 9.17) is 4.74 Å². The van der Waals surface area contributed by atoms with Crippen molar-refractivity contribution in [1.29, 1.82) is 0 Å². The zero-order valence-corrected chi connectivity index (χ0v) is 15.8. The quantitative estimate of drug-likeness (QED) is 0.723. The normalized spacial score (nSPS) is 18.5. The number of carbonyl (C=O) groups is 3. The summed E-state index contributed by atoms with van der Waals surface area (Å²) in [6.07, 6.45) is 3.26. The molecular formula is C22H22N2O5. The van der Waals surface area contributed by atoms with Gasteiger partial charge in [0.15, 0.2) is 6.61 Å². The molecule has 150 valence electrons. The molecule has 0 saturated carbocycles. The third-order valence-electron chi connectivity index (χ3n) is 5.49. The molecule has 2 aromatic carbocycles. The number of carboxylic acids is 1. The van der Waals surface area contributed by atoms with Gasteiger partial charge < -0.3 is 20.5 Å². The van der Waals surface area contributed by atoms with Crippen molar-refractivity contribution < 1.29 is 24.2 Å². The van der Waals surface area contributed by atoms with Crippen LogP contribution in [0.4, 0.5) is 5.69 Å². The minimum atomic E-state index is -1.05. The van der Waals surface area contributed by atoms with Crippen LogP contribution in [0.15, 0.2) is 42.5 Å². The number of amides is 2. The predicted octanol–water partition coefficient (Wildman–Crippen LogP) is 2.71. The summed E-state index contributed by atoms with van der Waals surface area (Å²) in [7, 11) is 0. The van der Waals surface area contributed by atoms with Gasteiger partial charge in [-0.3, -0.25) is 9.59 Å². The predicted molar refractivity (Wildman–Crippen MR) is 106 cm³/mol. The van der Waals surface area contributed by atoms with E-state index in [1.807, 2.05) is 12.1 Å². The van der Waals surface area contributed by atoms with E-state index in [1.54, 1.807) is 6.07 Å². The Morgan fingerprint density at radius 1 is 1.24 bits per heavy atom. The summed E-state index contributed by atoms with van der Waals surface area (Å²) in [5.74, 6) is -1.30. The number of aliphatic carboxylic acids is 1. The number of ether oxygens (including phenoxy) is 1. The summed E-state index contributed by atoms with van der Waals surface area (Å²) in [5, 5.41) is 15.0. The number of nitrogens with one attached hydrogen (secondary N) is 2. The molecule has 0 bridgehead atoms. The second-order valence-corrected chi connectivity index (χ2v) is 7.44. The maximum atomic E-state index is 12.7. The molecule has 2 atom stereocenters. The van der Waals surface area contributed by atoms with Crippen LogP contribution in [-0.2, 0) is 16.0 Å². The number of aryl methyl sites for hydroxylation is 1. The Bertz CT molecular complexity index is 971. The Hall–Kier alpha value is -3.35. The molecule has 0 aromatic heterocycles. The van der Waals surface area contributed by atoms with Crippen molar-refractivity contribution in [2.24, 2.45) is 0 Å². The summed E-state index contributed by atoms with van der Waals surface area (Å²) in [4.78, 5) is 35.9. The number of benzene rings is 2. The standard InChI is InChI=1S/C22H22N2O5/c25-20-12-29-19-11-15(8-9-17(19)23-20)21(26)24-18(22(27)28)10-14-6-3-5-13-4-1-2-7-16(13)14/h1-2,4,7-9,11,14,18H,3,5-6,10,12H2,(H,23,25)(H,24,26)(H,27,28). The fourth-order valence-electron chi connectivity index (χ4n) is 4.06. The maximum absolute atomic E-state index is 12.7. The van der Waals surface area contributed by atoms with Crippen LogP contribution in [0.5, 0.6) is 5.75 Å². The van der Waals surface area contributed by atoms with Crippen molar-refractivity contribution in [1.82, 2.24) is 5.32 Å². The summed E-state index contributed by atoms with van der Waals surface area (Å²) in [6.45, 7) is -0.114. The zero-order chi connectivity index (χ0) is 20.4. The SMILES string of the molecule is O=C1COc2cc(C(=O)NC(CC3CCCc4ccccc43)C(=O)O)ccc2N1. The molecule has 1 aliphatic carbocycles. The highest BCUT2D eigenvalue weighted by atomic mass is 16.5. The number of rotatable bonds is 5. The maximum Gasteiger partial charge on any atom is 0.326 e. The second-order valence-electron chi connectivity index (χ2n) is 7.44. The van der Waals surface area contributed by atoms with Crippen LogP contribution in [0.2, 0.25) is 0 Å². The smallest absolute Gasteiger partial charge is 0.326 e. The number of hydrogen-bond acceptors (Lipinski definition) is 4. The lowest BCUT2D eigenvalue weighted by molar-refractivity contribution is -0.139. The first-order valence-electron chi connectivity index (χ1n) is 9.69. The first kappa shape index (κ1) is 19.0. The highest BCUT2D eigenvalue weighted by molar-refractivity contribution is 6.00. The Morgan fingerprint density at radius 3 is 2.90 bits per heavy atom. The molecule has 7 heteroatoms. The van der Waals surface area contributed by atoms with Crippen molar-refractivity contribution >= 4 is 23.5 Å². The minimum Gasteiger partial charge on any atom is -0.482 e. The van der Waals surface area contributed by atoms with Crippen LogP contribution >= 0.6 is 0 Å². The van der Waals surface area contributed by atoms with Crippen LogP contribution < -0.4 is 15.4 Å². The largest absolute Gasteiger partial charge is 0.482 e. The lowest BCUT2D eigenvalue weighted by Crippen LogP contribution is -2.42. The Morgan fingerprint density at radius 2 is 2.07 bits per heavy atom. The molecule has 0 spiro atoms. The highest BCUT2D eigenvalue weighted by Crippen LogP contribution is 2.35. The number of carbonyl (C=O) groups excluding carboxylic acids is 2. The van der Waals surface area contributed by atoms with Crippen molar-refractivity contribution in [3.8, 4) is 5.75 Å². The molecular weight excluding hydrogens is 372 g/mol. The Kier molecular flexibility index (Phi) is 5.20. The van der Waals surface area contributed by atoms with E-state index >= 15 is 0 Å². The molecule has 29 heavy (non-hydrogen) atoms. The van der Waals surface area contributed by atoms with Gasteiger partial charge in [-0.1, -0.05) is 24.3 Å². The molecule has 0 radical (unpaired) electrons. The summed E-state index contributed by atoms with van der Waals surface area (Å²) >= 11 is 0. The molecule has 2 aromatic rings. The Balaban J connectivity index is 1.49. The number of anilines is 1. The third-order valence-corrected chi connectivity index (χ3v) is 5.49. The van der Waals surface area contributed by atoms with Gasteiger partial charge in [0, 0.05) is 5.56 Å². The lowest BCUT2D eigenvalue weighted by atomic mass is 9.79. The van der Waals surface area contributed by atoms with Crippen LogP contribution in [0.3, 0.4) is 0 Å². The molecule has 1 aliphatic heterocycles. The third kappa shape index (κ3) is 4.08. The van der Waals surface area contributed by atoms with Crippen molar-refractivity contribution in [2.45, 2.75) is 37.6 Å². The first-order valence-corrected chi connectivity index (χ1v) is 9.69. The zero-order valence-electron chi connectivity index (χ0n) is 15.8. The molecule has 4 rings (SSSR count). The van der Waals surface area contributed by atoms with Crippen LogP contribution in [0, 0.1) is 0 Å². The average molecular weight is 394 g/mol. The van der Waals surface area contributed by atoms with E-state index in [9.17, 15) is 19.5 Å². The van der Waals surface area contributed by atoms with E-state index < -0.39 is 17.9 Å². The lowest BCUT2D eigenvalue weighted by Gasteiger charge is -2.28. The van der Waals surface area contributed by atoms with Gasteiger partial charge in [-0.05, 0) is 60.9 Å². The summed E-state index contributed by atoms with van der Waals surface area (Å²) in [6, 6.07) is 11.7. The van der Waals surface area contributed by atoms with Gasteiger partial charge in [0.1, 0.15) is 11.8 Å². The molecule has 2 amide bonds. The molecule has 2 unspecified atom stereocenters. The summed E-state index contributed by atoms with van der Waals surface area (Å²) in [5.41, 5.74) is 3.21. The van der Waals surface area contributed by atoms with E-state index in [-0.39, 0.29) is 24.0 Å². The number of fused-ring (bicyclic) bond motifs is 2. The van der Waals surface area contributed by atoms with Gasteiger partial charge in [-0.15, -0.1) is 0 Å².